The molecule has 4 atom stereocenters. The molecule has 7 heteroatoms. The van der Waals surface area contributed by atoms with Crippen molar-refractivity contribution in [1.29, 1.82) is 0 Å². The summed E-state index contributed by atoms with van der Waals surface area (Å²) in [7, 11) is 0. The molecule has 7 nitrogen and oxygen atoms in total. The molecule has 2 aliphatic rings. The summed E-state index contributed by atoms with van der Waals surface area (Å²) in [6, 6.07) is 10.6. The maximum Gasteiger partial charge on any atom is 0.328 e. The molecule has 202 valence electrons. The number of aliphatic hydroxyl groups is 1. The number of carbonyl (C=O) groups is 2. The second-order valence-corrected chi connectivity index (χ2v) is 11.8. The summed E-state index contributed by atoms with van der Waals surface area (Å²) in [6.07, 6.45) is 9.23. The van der Waals surface area contributed by atoms with Crippen LogP contribution in [0.15, 0.2) is 48.8 Å². The van der Waals surface area contributed by atoms with E-state index in [1.54, 1.807) is 23.4 Å². The molecule has 2 N–H and O–H groups in total. The number of anilines is 1. The molecular formula is C31H40N4O3. The number of benzene rings is 1. The van der Waals surface area contributed by atoms with Crippen molar-refractivity contribution in [3.8, 4) is 0 Å². The number of amides is 2. The predicted molar refractivity (Wildman–Crippen MR) is 148 cm³/mol. The highest BCUT2D eigenvalue weighted by Gasteiger charge is 2.45. The number of rotatable bonds is 7. The molecule has 2 fully saturated rings. The zero-order valence-electron chi connectivity index (χ0n) is 22.8. The van der Waals surface area contributed by atoms with E-state index in [9.17, 15) is 14.7 Å². The van der Waals surface area contributed by atoms with Crippen LogP contribution < -0.4 is 10.2 Å². The Morgan fingerprint density at radius 2 is 1.76 bits per heavy atom. The molecule has 2 amide bonds. The zero-order chi connectivity index (χ0) is 27.3. The lowest BCUT2D eigenvalue weighted by Crippen LogP contribution is -2.49. The number of hydrogen-bond donors (Lipinski definition) is 2. The third-order valence-corrected chi connectivity index (χ3v) is 8.11. The first-order valence-electron chi connectivity index (χ1n) is 13.9. The number of nitrogens with one attached hydrogen (secondary N) is 1. The topological polar surface area (TPSA) is 86.9 Å². The van der Waals surface area contributed by atoms with Crippen molar-refractivity contribution in [3.63, 3.8) is 0 Å². The van der Waals surface area contributed by atoms with Crippen LogP contribution >= 0.6 is 0 Å². The van der Waals surface area contributed by atoms with Gasteiger partial charge >= 0.3 is 6.23 Å². The second kappa shape index (κ2) is 12.1. The summed E-state index contributed by atoms with van der Waals surface area (Å²) in [4.78, 5) is 37.6. The fourth-order valence-corrected chi connectivity index (χ4v) is 5.93. The van der Waals surface area contributed by atoms with Gasteiger partial charge < -0.3 is 10.4 Å². The molecule has 2 aromatic rings. The Morgan fingerprint density at radius 3 is 2.37 bits per heavy atom. The van der Waals surface area contributed by atoms with E-state index in [0.29, 0.717) is 24.1 Å². The Bertz CT molecular complexity index is 1130. The smallest absolute Gasteiger partial charge is 0.328 e. The number of carbonyl (C=O) groups excluding carboxylic acids is 2. The quantitative estimate of drug-likeness (QED) is 0.472. The van der Waals surface area contributed by atoms with Crippen molar-refractivity contribution >= 4 is 17.5 Å². The Hall–Kier alpha value is -3.24. The van der Waals surface area contributed by atoms with E-state index >= 15 is 0 Å². The summed E-state index contributed by atoms with van der Waals surface area (Å²) in [5.74, 6) is -1.44. The molecule has 4 rings (SSSR count). The molecular weight excluding hydrogens is 476 g/mol. The van der Waals surface area contributed by atoms with Crippen LogP contribution in [-0.2, 0) is 15.0 Å². The highest BCUT2D eigenvalue weighted by molar-refractivity contribution is 6.02. The molecule has 2 aliphatic carbocycles. The normalized spacial score (nSPS) is 21.8. The minimum absolute atomic E-state index is 0.0647. The van der Waals surface area contributed by atoms with E-state index < -0.39 is 24.1 Å². The average Bonchev–Trinajstić information content (AvgIpc) is 3.41. The van der Waals surface area contributed by atoms with Gasteiger partial charge in [-0.25, -0.2) is 6.57 Å². The van der Waals surface area contributed by atoms with Gasteiger partial charge in [0.25, 0.3) is 0 Å². The largest absolute Gasteiger partial charge is 0.351 e. The lowest BCUT2D eigenvalue weighted by Gasteiger charge is -2.36. The van der Waals surface area contributed by atoms with Crippen LogP contribution in [-0.4, -0.2) is 34.2 Å². The van der Waals surface area contributed by atoms with Crippen molar-refractivity contribution in [2.24, 2.45) is 11.8 Å². The maximum atomic E-state index is 14.4. The van der Waals surface area contributed by atoms with Crippen molar-refractivity contribution in [2.45, 2.75) is 95.9 Å². The molecule has 1 aromatic carbocycles. The van der Waals surface area contributed by atoms with Gasteiger partial charge in [0.2, 0.25) is 11.8 Å². The fourth-order valence-electron chi connectivity index (χ4n) is 5.93. The highest BCUT2D eigenvalue weighted by Crippen LogP contribution is 2.40. The SMILES string of the molecule is [C-]#[N+]C(O)C1CCCC1C(=O)N(c1ccc(C(C)(C)C)cc1)C(C(=O)NC1CCCCC1)c1cccnc1. The van der Waals surface area contributed by atoms with E-state index in [1.165, 1.54) is 6.42 Å². The lowest BCUT2D eigenvalue weighted by atomic mass is 9.86. The monoisotopic (exact) mass is 516 g/mol. The zero-order valence-corrected chi connectivity index (χ0v) is 22.8. The minimum atomic E-state index is -1.23. The highest BCUT2D eigenvalue weighted by atomic mass is 16.3. The summed E-state index contributed by atoms with van der Waals surface area (Å²) in [6.45, 7) is 13.8. The van der Waals surface area contributed by atoms with Crippen molar-refractivity contribution in [1.82, 2.24) is 10.3 Å². The third-order valence-electron chi connectivity index (χ3n) is 8.11. The summed E-state index contributed by atoms with van der Waals surface area (Å²) in [5.41, 5.74) is 2.32. The first kappa shape index (κ1) is 27.8. The molecule has 1 aromatic heterocycles. The van der Waals surface area contributed by atoms with Crippen LogP contribution in [0.5, 0.6) is 0 Å². The van der Waals surface area contributed by atoms with Gasteiger partial charge in [0, 0.05) is 29.7 Å². The molecule has 2 saturated carbocycles. The number of pyridine rings is 1. The van der Waals surface area contributed by atoms with E-state index in [1.807, 2.05) is 30.3 Å². The van der Waals surface area contributed by atoms with Gasteiger partial charge in [-0.15, -0.1) is 0 Å². The van der Waals surface area contributed by atoms with Gasteiger partial charge in [-0.1, -0.05) is 64.7 Å². The summed E-state index contributed by atoms with van der Waals surface area (Å²) in [5, 5.41) is 13.7. The summed E-state index contributed by atoms with van der Waals surface area (Å²) >= 11 is 0. The van der Waals surface area contributed by atoms with E-state index in [4.69, 9.17) is 6.57 Å². The Morgan fingerprint density at radius 1 is 1.05 bits per heavy atom. The Labute approximate surface area is 226 Å². The maximum absolute atomic E-state index is 14.4. The van der Waals surface area contributed by atoms with Crippen molar-refractivity contribution < 1.29 is 14.7 Å². The first-order chi connectivity index (χ1) is 18.2. The Kier molecular flexibility index (Phi) is 8.83. The first-order valence-corrected chi connectivity index (χ1v) is 13.9. The molecule has 0 spiro atoms. The molecule has 4 unspecified atom stereocenters. The third kappa shape index (κ3) is 6.24. The van der Waals surface area contributed by atoms with Gasteiger partial charge in [0.15, 0.2) is 0 Å². The van der Waals surface area contributed by atoms with Crippen LogP contribution in [0.3, 0.4) is 0 Å². The van der Waals surface area contributed by atoms with Gasteiger partial charge in [-0.2, -0.15) is 0 Å². The van der Waals surface area contributed by atoms with E-state index in [2.05, 4.69) is 35.9 Å². The number of nitrogens with zero attached hydrogens (tertiary/aromatic N) is 3. The van der Waals surface area contributed by atoms with Crippen LogP contribution in [0.1, 0.15) is 89.3 Å². The van der Waals surface area contributed by atoms with Gasteiger partial charge in [-0.3, -0.25) is 24.3 Å². The summed E-state index contributed by atoms with van der Waals surface area (Å²) < 4.78 is 0. The number of hydrogen-bond acceptors (Lipinski definition) is 4. The lowest BCUT2D eigenvalue weighted by molar-refractivity contribution is -0.130. The van der Waals surface area contributed by atoms with Crippen LogP contribution in [0.4, 0.5) is 5.69 Å². The Balaban J connectivity index is 1.78. The fraction of sp³-hybridized carbons (Fsp3) is 0.548. The van der Waals surface area contributed by atoms with Crippen molar-refractivity contribution in [2.75, 3.05) is 4.90 Å². The minimum Gasteiger partial charge on any atom is -0.351 e. The molecule has 0 bridgehead atoms. The number of aliphatic hydroxyl groups excluding tert-OH is 1. The molecule has 0 radical (unpaired) electrons. The van der Waals surface area contributed by atoms with Crippen LogP contribution in [0.2, 0.25) is 0 Å². The van der Waals surface area contributed by atoms with Gasteiger partial charge in [0.05, 0.1) is 11.8 Å². The van der Waals surface area contributed by atoms with E-state index in [-0.39, 0.29) is 23.3 Å². The second-order valence-electron chi connectivity index (χ2n) is 11.8. The predicted octanol–water partition coefficient (Wildman–Crippen LogP) is 5.56. The molecule has 38 heavy (non-hydrogen) atoms. The average molecular weight is 517 g/mol. The van der Waals surface area contributed by atoms with Crippen LogP contribution in [0, 0.1) is 18.4 Å². The molecule has 0 saturated heterocycles. The van der Waals surface area contributed by atoms with Gasteiger partial charge in [0.1, 0.15) is 6.04 Å². The number of aromatic nitrogens is 1. The molecule has 0 aliphatic heterocycles. The van der Waals surface area contributed by atoms with Crippen LogP contribution in [0.25, 0.3) is 4.85 Å². The van der Waals surface area contributed by atoms with E-state index in [0.717, 1.165) is 37.7 Å². The van der Waals surface area contributed by atoms with Gasteiger partial charge in [-0.05, 0) is 54.9 Å². The molecule has 1 heterocycles. The van der Waals surface area contributed by atoms with Crippen molar-refractivity contribution in [3.05, 3.63) is 71.3 Å². The standard InChI is InChI=1S/C31H40N4O3/c1-31(2,3)22-15-17-24(18-16-22)35(30(38)26-14-8-13-25(26)28(36)32-4)27(21-10-9-19-33-20-21)29(37)34-23-11-6-5-7-12-23/h9-10,15-20,23,25-28,36H,5-8,11-14H2,1-3H3,(H,34,37).